The predicted octanol–water partition coefficient (Wildman–Crippen LogP) is 2.26. The van der Waals surface area contributed by atoms with Gasteiger partial charge in [-0.3, -0.25) is 14.5 Å². The van der Waals surface area contributed by atoms with Gasteiger partial charge in [-0.2, -0.15) is 0 Å². The number of nitrogens with zero attached hydrogens (tertiary/aromatic N) is 3. The fourth-order valence-corrected chi connectivity index (χ4v) is 5.67. The van der Waals surface area contributed by atoms with Gasteiger partial charge in [-0.25, -0.2) is 4.79 Å². The standard InChI is InChI=1S/C25H34N4O3/c1-18-16-21(18)22(30)28-12-5-8-20(17-28)29-23(31)25(26-24(29)32)10-14-27(15-11-25)13-9-19-6-3-2-4-7-19/h2-4,6-7,18,20-21H,5,8-17H2,1H3,(H,26,32)/t18-,20+,21-/m1/s1. The van der Waals surface area contributed by atoms with Crippen LogP contribution in [0.15, 0.2) is 30.3 Å². The monoisotopic (exact) mass is 438 g/mol. The third-order valence-corrected chi connectivity index (χ3v) is 7.96. The Morgan fingerprint density at radius 2 is 1.84 bits per heavy atom. The van der Waals surface area contributed by atoms with Gasteiger partial charge in [0.25, 0.3) is 5.91 Å². The Labute approximate surface area is 190 Å². The van der Waals surface area contributed by atoms with E-state index >= 15 is 0 Å². The van der Waals surface area contributed by atoms with Gasteiger partial charge in [0, 0.05) is 38.6 Å². The summed E-state index contributed by atoms with van der Waals surface area (Å²) in [5.41, 5.74) is 0.554. The van der Waals surface area contributed by atoms with Crippen LogP contribution in [0.1, 0.15) is 44.6 Å². The van der Waals surface area contributed by atoms with E-state index in [1.807, 2.05) is 11.0 Å². The number of carbonyl (C=O) groups excluding carboxylic acids is 3. The molecule has 1 aliphatic carbocycles. The number of rotatable bonds is 5. The van der Waals surface area contributed by atoms with Crippen LogP contribution in [-0.2, 0) is 16.0 Å². The molecule has 1 N–H and O–H groups in total. The lowest BCUT2D eigenvalue weighted by molar-refractivity contribution is -0.140. The number of likely N-dealkylation sites (tertiary alicyclic amines) is 2. The predicted molar refractivity (Wildman–Crippen MR) is 121 cm³/mol. The van der Waals surface area contributed by atoms with Gasteiger partial charge in [-0.1, -0.05) is 37.3 Å². The second-order valence-corrected chi connectivity index (χ2v) is 10.2. The largest absolute Gasteiger partial charge is 0.340 e. The Hall–Kier alpha value is -2.41. The second-order valence-electron chi connectivity index (χ2n) is 10.2. The molecule has 3 saturated heterocycles. The smallest absolute Gasteiger partial charge is 0.325 e. The maximum Gasteiger partial charge on any atom is 0.325 e. The number of amides is 4. The molecule has 7 nitrogen and oxygen atoms in total. The van der Waals surface area contributed by atoms with E-state index < -0.39 is 5.54 Å². The number of hydrogen-bond acceptors (Lipinski definition) is 4. The molecule has 0 unspecified atom stereocenters. The van der Waals surface area contributed by atoms with E-state index in [2.05, 4.69) is 41.4 Å². The van der Waals surface area contributed by atoms with Crippen molar-refractivity contribution >= 4 is 17.8 Å². The summed E-state index contributed by atoms with van der Waals surface area (Å²) in [6, 6.07) is 9.97. The zero-order chi connectivity index (χ0) is 22.3. The summed E-state index contributed by atoms with van der Waals surface area (Å²) in [6.07, 6.45) is 4.88. The molecule has 4 aliphatic rings. The number of piperidine rings is 2. The van der Waals surface area contributed by atoms with Crippen molar-refractivity contribution in [1.29, 1.82) is 0 Å². The first kappa shape index (κ1) is 21.4. The molecule has 3 aliphatic heterocycles. The first-order valence-corrected chi connectivity index (χ1v) is 12.2. The van der Waals surface area contributed by atoms with E-state index in [1.165, 1.54) is 10.5 Å². The van der Waals surface area contributed by atoms with Crippen LogP contribution >= 0.6 is 0 Å². The zero-order valence-corrected chi connectivity index (χ0v) is 19.0. The molecule has 7 heteroatoms. The van der Waals surface area contributed by atoms with Gasteiger partial charge in [0.05, 0.1) is 6.04 Å². The number of benzene rings is 1. The summed E-state index contributed by atoms with van der Waals surface area (Å²) in [6.45, 7) is 5.91. The highest BCUT2D eigenvalue weighted by molar-refractivity contribution is 6.07. The van der Waals surface area contributed by atoms with Crippen LogP contribution in [0.3, 0.4) is 0 Å². The third-order valence-electron chi connectivity index (χ3n) is 7.96. The first-order chi connectivity index (χ1) is 15.5. The average Bonchev–Trinajstić information content (AvgIpc) is 3.49. The lowest BCUT2D eigenvalue weighted by Gasteiger charge is -2.39. The molecule has 32 heavy (non-hydrogen) atoms. The molecule has 1 spiro atoms. The fraction of sp³-hybridized carbons (Fsp3) is 0.640. The van der Waals surface area contributed by atoms with Gasteiger partial charge in [0.2, 0.25) is 5.91 Å². The van der Waals surface area contributed by atoms with E-state index in [0.717, 1.165) is 51.9 Å². The van der Waals surface area contributed by atoms with E-state index in [-0.39, 0.29) is 29.8 Å². The summed E-state index contributed by atoms with van der Waals surface area (Å²) in [5, 5.41) is 3.05. The quantitative estimate of drug-likeness (QED) is 0.716. The van der Waals surface area contributed by atoms with Crippen LogP contribution in [0.5, 0.6) is 0 Å². The number of nitrogens with one attached hydrogen (secondary N) is 1. The van der Waals surface area contributed by atoms with Gasteiger partial charge in [-0.05, 0) is 50.0 Å². The number of urea groups is 1. The van der Waals surface area contributed by atoms with Crippen LogP contribution in [-0.4, -0.2) is 76.8 Å². The third kappa shape index (κ3) is 4.03. The molecular formula is C25H34N4O3. The topological polar surface area (TPSA) is 73.0 Å². The molecule has 3 heterocycles. The van der Waals surface area contributed by atoms with Crippen molar-refractivity contribution in [2.24, 2.45) is 11.8 Å². The van der Waals surface area contributed by atoms with E-state index in [0.29, 0.717) is 25.3 Å². The molecule has 0 radical (unpaired) electrons. The summed E-state index contributed by atoms with van der Waals surface area (Å²) < 4.78 is 0. The highest BCUT2D eigenvalue weighted by Gasteiger charge is 2.54. The highest BCUT2D eigenvalue weighted by Crippen LogP contribution is 2.40. The Balaban J connectivity index is 1.18. The van der Waals surface area contributed by atoms with Crippen LogP contribution in [0.4, 0.5) is 4.79 Å². The van der Waals surface area contributed by atoms with Gasteiger partial charge in [-0.15, -0.1) is 0 Å². The van der Waals surface area contributed by atoms with E-state index in [1.54, 1.807) is 0 Å². The number of imide groups is 1. The van der Waals surface area contributed by atoms with Crippen LogP contribution in [0.25, 0.3) is 0 Å². The number of carbonyl (C=O) groups is 3. The van der Waals surface area contributed by atoms with Crippen molar-refractivity contribution in [3.8, 4) is 0 Å². The normalized spacial score (nSPS) is 30.0. The Morgan fingerprint density at radius 3 is 2.53 bits per heavy atom. The second kappa shape index (κ2) is 8.50. The molecule has 3 atom stereocenters. The molecule has 1 aromatic carbocycles. The minimum absolute atomic E-state index is 0.0794. The molecule has 1 saturated carbocycles. The van der Waals surface area contributed by atoms with Crippen molar-refractivity contribution in [3.05, 3.63) is 35.9 Å². The van der Waals surface area contributed by atoms with Gasteiger partial charge in [0.15, 0.2) is 0 Å². The van der Waals surface area contributed by atoms with Crippen molar-refractivity contribution in [3.63, 3.8) is 0 Å². The van der Waals surface area contributed by atoms with Crippen LogP contribution < -0.4 is 5.32 Å². The molecule has 172 valence electrons. The van der Waals surface area contributed by atoms with Crippen molar-refractivity contribution < 1.29 is 14.4 Å². The average molecular weight is 439 g/mol. The summed E-state index contributed by atoms with van der Waals surface area (Å²) >= 11 is 0. The highest BCUT2D eigenvalue weighted by atomic mass is 16.2. The fourth-order valence-electron chi connectivity index (χ4n) is 5.67. The number of hydrogen-bond donors (Lipinski definition) is 1. The van der Waals surface area contributed by atoms with Gasteiger partial charge >= 0.3 is 6.03 Å². The minimum Gasteiger partial charge on any atom is -0.340 e. The summed E-state index contributed by atoms with van der Waals surface area (Å²) in [5.74, 6) is 0.735. The molecule has 0 aromatic heterocycles. The van der Waals surface area contributed by atoms with E-state index in [9.17, 15) is 14.4 Å². The Kier molecular flexibility index (Phi) is 5.70. The van der Waals surface area contributed by atoms with Crippen LogP contribution in [0.2, 0.25) is 0 Å². The summed E-state index contributed by atoms with van der Waals surface area (Å²) in [4.78, 5) is 44.8. The van der Waals surface area contributed by atoms with Crippen molar-refractivity contribution in [2.45, 2.75) is 57.0 Å². The van der Waals surface area contributed by atoms with Crippen molar-refractivity contribution in [2.75, 3.05) is 32.7 Å². The molecule has 5 rings (SSSR count). The lowest BCUT2D eigenvalue weighted by Crippen LogP contribution is -2.56. The van der Waals surface area contributed by atoms with E-state index in [4.69, 9.17) is 0 Å². The summed E-state index contributed by atoms with van der Waals surface area (Å²) in [7, 11) is 0. The maximum atomic E-state index is 13.5. The van der Waals surface area contributed by atoms with Crippen molar-refractivity contribution in [1.82, 2.24) is 20.0 Å². The Bertz CT molecular complexity index is 880. The van der Waals surface area contributed by atoms with Crippen LogP contribution in [0, 0.1) is 11.8 Å². The molecule has 4 amide bonds. The molecule has 4 fully saturated rings. The van der Waals surface area contributed by atoms with Gasteiger partial charge < -0.3 is 15.1 Å². The lowest BCUT2D eigenvalue weighted by atomic mass is 9.87. The first-order valence-electron chi connectivity index (χ1n) is 12.2. The molecule has 0 bridgehead atoms. The molecule has 1 aromatic rings. The SMILES string of the molecule is C[C@@H]1C[C@H]1C(=O)N1CCC[C@H](N2C(=O)NC3(CCN(CCc4ccccc4)CC3)C2=O)C1. The maximum absolute atomic E-state index is 13.5. The Morgan fingerprint density at radius 1 is 1.12 bits per heavy atom. The zero-order valence-electron chi connectivity index (χ0n) is 19.0. The minimum atomic E-state index is -0.766. The molecular weight excluding hydrogens is 404 g/mol. The van der Waals surface area contributed by atoms with Gasteiger partial charge in [0.1, 0.15) is 5.54 Å².